The molecule has 1 fully saturated rings. The molecule has 6 nitrogen and oxygen atoms in total. The fraction of sp³-hybridized carbons (Fsp3) is 0.381. The molecule has 2 amide bonds. The lowest BCUT2D eigenvalue weighted by Gasteiger charge is -2.20. The standard InChI is InChI=1S/C21H25N3O3/c1-14-7-8-19(27-3)18(10-14)15(2)23-21(26)16-11-20(25)24(12-16)13-17-6-4-5-9-22-17/h4-10,15-16H,11-13H2,1-3H3,(H,23,26)/t15-,16+/m0/s1. The SMILES string of the molecule is COc1ccc(C)cc1[C@H](C)NC(=O)[C@@H]1CC(=O)N(Cc2ccccn2)C1. The predicted molar refractivity (Wildman–Crippen MR) is 102 cm³/mol. The van der Waals surface area contributed by atoms with Crippen LogP contribution in [0.5, 0.6) is 5.75 Å². The van der Waals surface area contributed by atoms with E-state index in [2.05, 4.69) is 10.3 Å². The van der Waals surface area contributed by atoms with Crippen LogP contribution in [0.2, 0.25) is 0 Å². The molecule has 0 aliphatic carbocycles. The molecule has 1 aromatic heterocycles. The van der Waals surface area contributed by atoms with Crippen molar-refractivity contribution in [1.29, 1.82) is 0 Å². The zero-order valence-electron chi connectivity index (χ0n) is 15.9. The highest BCUT2D eigenvalue weighted by atomic mass is 16.5. The highest BCUT2D eigenvalue weighted by Gasteiger charge is 2.35. The monoisotopic (exact) mass is 367 g/mol. The summed E-state index contributed by atoms with van der Waals surface area (Å²) in [6.45, 7) is 4.78. The number of hydrogen-bond acceptors (Lipinski definition) is 4. The number of likely N-dealkylation sites (tertiary alicyclic amines) is 1. The van der Waals surface area contributed by atoms with E-state index in [-0.39, 0.29) is 30.2 Å². The van der Waals surface area contributed by atoms with Crippen molar-refractivity contribution < 1.29 is 14.3 Å². The van der Waals surface area contributed by atoms with Crippen molar-refractivity contribution in [3.63, 3.8) is 0 Å². The van der Waals surface area contributed by atoms with Gasteiger partial charge in [-0.1, -0.05) is 23.8 Å². The van der Waals surface area contributed by atoms with E-state index < -0.39 is 0 Å². The first kappa shape index (κ1) is 18.9. The van der Waals surface area contributed by atoms with E-state index >= 15 is 0 Å². The van der Waals surface area contributed by atoms with E-state index in [0.717, 1.165) is 22.6 Å². The fourth-order valence-electron chi connectivity index (χ4n) is 3.39. The summed E-state index contributed by atoms with van der Waals surface area (Å²) in [6.07, 6.45) is 1.94. The van der Waals surface area contributed by atoms with Crippen LogP contribution in [0.25, 0.3) is 0 Å². The Morgan fingerprint density at radius 3 is 2.89 bits per heavy atom. The second kappa shape index (κ2) is 8.20. The second-order valence-electron chi connectivity index (χ2n) is 6.97. The third-order valence-corrected chi connectivity index (χ3v) is 4.87. The van der Waals surface area contributed by atoms with Gasteiger partial charge < -0.3 is 15.0 Å². The lowest BCUT2D eigenvalue weighted by molar-refractivity contribution is -0.129. The summed E-state index contributed by atoms with van der Waals surface area (Å²) in [4.78, 5) is 31.0. The Hall–Kier alpha value is -2.89. The summed E-state index contributed by atoms with van der Waals surface area (Å²) < 4.78 is 5.41. The van der Waals surface area contributed by atoms with Gasteiger partial charge in [0, 0.05) is 24.7 Å². The Bertz CT molecular complexity index is 823. The number of nitrogens with one attached hydrogen (secondary N) is 1. The Labute approximate surface area is 159 Å². The number of benzene rings is 1. The number of nitrogens with zero attached hydrogens (tertiary/aromatic N) is 2. The summed E-state index contributed by atoms with van der Waals surface area (Å²) >= 11 is 0. The van der Waals surface area contributed by atoms with E-state index in [1.165, 1.54) is 0 Å². The molecule has 1 aliphatic heterocycles. The Morgan fingerprint density at radius 2 is 2.19 bits per heavy atom. The van der Waals surface area contributed by atoms with E-state index in [0.29, 0.717) is 13.1 Å². The van der Waals surface area contributed by atoms with Crippen LogP contribution >= 0.6 is 0 Å². The third-order valence-electron chi connectivity index (χ3n) is 4.87. The molecule has 2 atom stereocenters. The quantitative estimate of drug-likeness (QED) is 0.852. The summed E-state index contributed by atoms with van der Waals surface area (Å²) in [7, 11) is 1.62. The van der Waals surface area contributed by atoms with Crippen molar-refractivity contribution in [2.75, 3.05) is 13.7 Å². The Balaban J connectivity index is 1.63. The smallest absolute Gasteiger partial charge is 0.225 e. The molecule has 0 spiro atoms. The molecule has 0 radical (unpaired) electrons. The molecule has 2 aromatic rings. The summed E-state index contributed by atoms with van der Waals surface area (Å²) in [5.41, 5.74) is 2.86. The number of amides is 2. The van der Waals surface area contributed by atoms with Gasteiger partial charge in [0.15, 0.2) is 0 Å². The molecule has 0 bridgehead atoms. The maximum atomic E-state index is 12.7. The maximum absolute atomic E-state index is 12.7. The van der Waals surface area contributed by atoms with Crippen LogP contribution in [0.15, 0.2) is 42.6 Å². The van der Waals surface area contributed by atoms with Gasteiger partial charge in [0.1, 0.15) is 5.75 Å². The number of hydrogen-bond donors (Lipinski definition) is 1. The van der Waals surface area contributed by atoms with Crippen LogP contribution in [0.1, 0.15) is 36.2 Å². The van der Waals surface area contributed by atoms with Gasteiger partial charge in [-0.2, -0.15) is 0 Å². The molecule has 27 heavy (non-hydrogen) atoms. The molecule has 2 heterocycles. The second-order valence-corrected chi connectivity index (χ2v) is 6.97. The predicted octanol–water partition coefficient (Wildman–Crippen LogP) is 2.62. The van der Waals surface area contributed by atoms with Crippen molar-refractivity contribution in [2.45, 2.75) is 32.9 Å². The van der Waals surface area contributed by atoms with Crippen molar-refractivity contribution in [2.24, 2.45) is 5.92 Å². The summed E-state index contributed by atoms with van der Waals surface area (Å²) in [5.74, 6) is 0.275. The molecule has 0 unspecified atom stereocenters. The number of methoxy groups -OCH3 is 1. The topological polar surface area (TPSA) is 71.5 Å². The average molecular weight is 367 g/mol. The maximum Gasteiger partial charge on any atom is 0.225 e. The number of aryl methyl sites for hydroxylation is 1. The molecule has 6 heteroatoms. The van der Waals surface area contributed by atoms with Crippen LogP contribution in [0.4, 0.5) is 0 Å². The first-order chi connectivity index (χ1) is 13.0. The van der Waals surface area contributed by atoms with Crippen LogP contribution in [0.3, 0.4) is 0 Å². The van der Waals surface area contributed by atoms with Crippen LogP contribution < -0.4 is 10.1 Å². The number of pyridine rings is 1. The number of rotatable bonds is 6. The van der Waals surface area contributed by atoms with Crippen molar-refractivity contribution in [3.8, 4) is 5.75 Å². The summed E-state index contributed by atoms with van der Waals surface area (Å²) in [6, 6.07) is 11.3. The number of ether oxygens (including phenoxy) is 1. The zero-order chi connectivity index (χ0) is 19.4. The minimum absolute atomic E-state index is 0.0124. The van der Waals surface area contributed by atoms with Crippen LogP contribution in [0, 0.1) is 12.8 Å². The van der Waals surface area contributed by atoms with E-state index in [1.54, 1.807) is 18.2 Å². The normalized spacial score (nSPS) is 17.7. The van der Waals surface area contributed by atoms with E-state index in [9.17, 15) is 9.59 Å². The molecule has 1 aromatic carbocycles. The van der Waals surface area contributed by atoms with Gasteiger partial charge in [-0.3, -0.25) is 14.6 Å². The van der Waals surface area contributed by atoms with Gasteiger partial charge in [0.05, 0.1) is 31.3 Å². The first-order valence-electron chi connectivity index (χ1n) is 9.10. The fourth-order valence-corrected chi connectivity index (χ4v) is 3.39. The van der Waals surface area contributed by atoms with E-state index in [1.807, 2.05) is 50.2 Å². The van der Waals surface area contributed by atoms with Gasteiger partial charge in [0.25, 0.3) is 0 Å². The van der Waals surface area contributed by atoms with Crippen molar-refractivity contribution >= 4 is 11.8 Å². The molecule has 1 N–H and O–H groups in total. The molecule has 0 saturated carbocycles. The number of carbonyl (C=O) groups excluding carboxylic acids is 2. The zero-order valence-corrected chi connectivity index (χ0v) is 15.9. The molecular formula is C21H25N3O3. The van der Waals surface area contributed by atoms with Crippen LogP contribution in [-0.2, 0) is 16.1 Å². The molecule has 3 rings (SSSR count). The molecule has 1 saturated heterocycles. The number of carbonyl (C=O) groups is 2. The lowest BCUT2D eigenvalue weighted by atomic mass is 10.0. The van der Waals surface area contributed by atoms with Gasteiger partial charge >= 0.3 is 0 Å². The van der Waals surface area contributed by atoms with Gasteiger partial charge in [-0.05, 0) is 32.0 Å². The summed E-state index contributed by atoms with van der Waals surface area (Å²) in [5, 5.41) is 3.03. The number of aromatic nitrogens is 1. The van der Waals surface area contributed by atoms with Crippen LogP contribution in [-0.4, -0.2) is 35.4 Å². The van der Waals surface area contributed by atoms with Crippen molar-refractivity contribution in [1.82, 2.24) is 15.2 Å². The minimum atomic E-state index is -0.348. The van der Waals surface area contributed by atoms with E-state index in [4.69, 9.17) is 4.74 Å². The Kier molecular flexibility index (Phi) is 5.74. The highest BCUT2D eigenvalue weighted by molar-refractivity contribution is 5.89. The molecule has 1 aliphatic rings. The average Bonchev–Trinajstić information content (AvgIpc) is 3.03. The Morgan fingerprint density at radius 1 is 1.37 bits per heavy atom. The van der Waals surface area contributed by atoms with Gasteiger partial charge in [0.2, 0.25) is 11.8 Å². The molecular weight excluding hydrogens is 342 g/mol. The largest absolute Gasteiger partial charge is 0.496 e. The lowest BCUT2D eigenvalue weighted by Crippen LogP contribution is -2.34. The first-order valence-corrected chi connectivity index (χ1v) is 9.10. The molecule has 142 valence electrons. The van der Waals surface area contributed by atoms with Crippen molar-refractivity contribution in [3.05, 3.63) is 59.4 Å². The highest BCUT2D eigenvalue weighted by Crippen LogP contribution is 2.27. The van der Waals surface area contributed by atoms with Gasteiger partial charge in [-0.15, -0.1) is 0 Å². The van der Waals surface area contributed by atoms with Gasteiger partial charge in [-0.25, -0.2) is 0 Å². The minimum Gasteiger partial charge on any atom is -0.496 e. The third kappa shape index (κ3) is 4.45.